The maximum atomic E-state index is 12.9. The number of carbonyl (C=O) groups is 2. The van der Waals surface area contributed by atoms with Crippen LogP contribution in [0.4, 0.5) is 4.39 Å². The summed E-state index contributed by atoms with van der Waals surface area (Å²) in [5.74, 6) is -0.713. The largest absolute Gasteiger partial charge is 0.422 e. The Morgan fingerprint density at radius 3 is 2.55 bits per heavy atom. The van der Waals surface area contributed by atoms with E-state index < -0.39 is 11.8 Å². The van der Waals surface area contributed by atoms with E-state index in [-0.39, 0.29) is 11.3 Å². The van der Waals surface area contributed by atoms with Crippen LogP contribution in [0.2, 0.25) is 0 Å². The molecular weight excluding hydrogens is 283 g/mol. The van der Waals surface area contributed by atoms with E-state index in [1.54, 1.807) is 6.07 Å². The van der Waals surface area contributed by atoms with Gasteiger partial charge in [-0.3, -0.25) is 4.79 Å². The molecule has 3 rings (SSSR count). The van der Waals surface area contributed by atoms with Crippen molar-refractivity contribution in [3.63, 3.8) is 0 Å². The molecule has 0 spiro atoms. The molecule has 0 amide bonds. The lowest BCUT2D eigenvalue weighted by Crippen LogP contribution is -2.17. The third-order valence-electron chi connectivity index (χ3n) is 3.90. The van der Waals surface area contributed by atoms with Gasteiger partial charge in [-0.15, -0.1) is 0 Å². The van der Waals surface area contributed by atoms with Gasteiger partial charge < -0.3 is 4.74 Å². The molecule has 0 unspecified atom stereocenters. The van der Waals surface area contributed by atoms with Crippen molar-refractivity contribution in [2.24, 2.45) is 0 Å². The van der Waals surface area contributed by atoms with Gasteiger partial charge in [-0.25, -0.2) is 9.18 Å². The zero-order valence-electron chi connectivity index (χ0n) is 12.2. The monoisotopic (exact) mass is 298 g/mol. The zero-order valence-corrected chi connectivity index (χ0v) is 12.2. The van der Waals surface area contributed by atoms with Crippen molar-refractivity contribution in [2.75, 3.05) is 0 Å². The number of esters is 1. The Morgan fingerprint density at radius 2 is 1.82 bits per heavy atom. The third kappa shape index (κ3) is 2.64. The number of fused-ring (bicyclic) bond motifs is 1. The van der Waals surface area contributed by atoms with E-state index >= 15 is 0 Å². The number of hydrogen-bond donors (Lipinski definition) is 0. The molecule has 0 saturated heterocycles. The Morgan fingerprint density at radius 1 is 1.09 bits per heavy atom. The van der Waals surface area contributed by atoms with Crippen molar-refractivity contribution in [1.82, 2.24) is 0 Å². The number of aryl methyl sites for hydroxylation is 1. The topological polar surface area (TPSA) is 43.4 Å². The van der Waals surface area contributed by atoms with Gasteiger partial charge in [-0.1, -0.05) is 6.07 Å². The smallest absolute Gasteiger partial charge is 0.343 e. The van der Waals surface area contributed by atoms with Crippen LogP contribution >= 0.6 is 0 Å². The van der Waals surface area contributed by atoms with E-state index in [0.717, 1.165) is 24.0 Å². The first-order valence-corrected chi connectivity index (χ1v) is 7.19. The molecule has 0 fully saturated rings. The Labute approximate surface area is 127 Å². The fourth-order valence-electron chi connectivity index (χ4n) is 2.74. The van der Waals surface area contributed by atoms with Gasteiger partial charge in [-0.2, -0.15) is 0 Å². The zero-order chi connectivity index (χ0) is 15.7. The van der Waals surface area contributed by atoms with Gasteiger partial charge in [-0.05, 0) is 61.2 Å². The highest BCUT2D eigenvalue weighted by atomic mass is 19.1. The summed E-state index contributed by atoms with van der Waals surface area (Å²) in [6.07, 6.45) is 2.11. The van der Waals surface area contributed by atoms with Gasteiger partial charge in [0.1, 0.15) is 11.6 Å². The molecule has 2 aromatic carbocycles. The Kier molecular flexibility index (Phi) is 3.75. The van der Waals surface area contributed by atoms with Crippen LogP contribution in [0.5, 0.6) is 5.75 Å². The van der Waals surface area contributed by atoms with Gasteiger partial charge in [0.2, 0.25) is 0 Å². The first-order valence-electron chi connectivity index (χ1n) is 7.19. The number of halogens is 1. The molecule has 0 aromatic heterocycles. The molecule has 0 saturated carbocycles. The molecule has 4 heteroatoms. The minimum absolute atomic E-state index is 0.00635. The summed E-state index contributed by atoms with van der Waals surface area (Å²) in [5.41, 5.74) is 2.76. The van der Waals surface area contributed by atoms with Crippen LogP contribution in [-0.2, 0) is 6.42 Å². The molecule has 1 aliphatic rings. The molecule has 1 aliphatic carbocycles. The van der Waals surface area contributed by atoms with Gasteiger partial charge >= 0.3 is 5.97 Å². The molecule has 0 atom stereocenters. The summed E-state index contributed by atoms with van der Waals surface area (Å²) >= 11 is 0. The average molecular weight is 298 g/mol. The Hall–Kier alpha value is -2.49. The molecule has 112 valence electrons. The van der Waals surface area contributed by atoms with Crippen LogP contribution in [0.15, 0.2) is 36.4 Å². The number of benzene rings is 2. The molecule has 0 aliphatic heterocycles. The normalized spacial score (nSPS) is 13.6. The molecule has 0 bridgehead atoms. The lowest BCUT2D eigenvalue weighted by molar-refractivity contribution is 0.0732. The lowest BCUT2D eigenvalue weighted by atomic mass is 9.87. The van der Waals surface area contributed by atoms with Gasteiger partial charge in [0.15, 0.2) is 5.78 Å². The number of ether oxygens (including phenoxy) is 1. The fourth-order valence-corrected chi connectivity index (χ4v) is 2.74. The van der Waals surface area contributed by atoms with E-state index in [0.29, 0.717) is 17.7 Å². The minimum atomic E-state index is -0.593. The summed E-state index contributed by atoms with van der Waals surface area (Å²) in [6, 6.07) is 8.63. The van der Waals surface area contributed by atoms with Gasteiger partial charge in [0, 0.05) is 6.42 Å². The number of ketones is 1. The standard InChI is InChI=1S/C18H15FO3/c1-11-5-10-16(17-14(11)3-2-4-15(17)20)22-18(21)12-6-8-13(19)9-7-12/h5-10H,2-4H2,1H3. The van der Waals surface area contributed by atoms with Crippen molar-refractivity contribution < 1.29 is 18.7 Å². The SMILES string of the molecule is Cc1ccc(OC(=O)c2ccc(F)cc2)c2c1CCCC2=O. The quantitative estimate of drug-likeness (QED) is 0.624. The van der Waals surface area contributed by atoms with E-state index in [1.165, 1.54) is 24.3 Å². The number of hydrogen-bond acceptors (Lipinski definition) is 3. The second-order valence-electron chi connectivity index (χ2n) is 5.41. The van der Waals surface area contributed by atoms with Gasteiger partial charge in [0.25, 0.3) is 0 Å². The molecule has 2 aromatic rings. The summed E-state index contributed by atoms with van der Waals surface area (Å²) in [6.45, 7) is 1.95. The summed E-state index contributed by atoms with van der Waals surface area (Å²) in [5, 5.41) is 0. The minimum Gasteiger partial charge on any atom is -0.422 e. The molecule has 0 N–H and O–H groups in total. The molecule has 22 heavy (non-hydrogen) atoms. The maximum absolute atomic E-state index is 12.9. The van der Waals surface area contributed by atoms with Crippen molar-refractivity contribution >= 4 is 11.8 Å². The second-order valence-corrected chi connectivity index (χ2v) is 5.41. The lowest BCUT2D eigenvalue weighted by Gasteiger charge is -2.20. The third-order valence-corrected chi connectivity index (χ3v) is 3.90. The van der Waals surface area contributed by atoms with Crippen molar-refractivity contribution in [3.8, 4) is 5.75 Å². The highest BCUT2D eigenvalue weighted by Gasteiger charge is 2.24. The van der Waals surface area contributed by atoms with Crippen LogP contribution in [0.25, 0.3) is 0 Å². The molecular formula is C18H15FO3. The highest BCUT2D eigenvalue weighted by Crippen LogP contribution is 2.32. The number of Topliss-reactive ketones (excluding diaryl/α,β-unsaturated/α-hetero) is 1. The van der Waals surface area contributed by atoms with Crippen molar-refractivity contribution in [1.29, 1.82) is 0 Å². The van der Waals surface area contributed by atoms with Crippen molar-refractivity contribution in [3.05, 3.63) is 64.5 Å². The molecule has 0 heterocycles. The van der Waals surface area contributed by atoms with Crippen LogP contribution in [0.1, 0.15) is 44.7 Å². The average Bonchev–Trinajstić information content (AvgIpc) is 2.51. The van der Waals surface area contributed by atoms with Gasteiger partial charge in [0.05, 0.1) is 11.1 Å². The molecule has 3 nitrogen and oxygen atoms in total. The summed E-state index contributed by atoms with van der Waals surface area (Å²) in [7, 11) is 0. The van der Waals surface area contributed by atoms with E-state index in [4.69, 9.17) is 4.74 Å². The maximum Gasteiger partial charge on any atom is 0.343 e. The van der Waals surface area contributed by atoms with E-state index in [9.17, 15) is 14.0 Å². The number of carbonyl (C=O) groups excluding carboxylic acids is 2. The fraction of sp³-hybridized carbons (Fsp3) is 0.222. The van der Waals surface area contributed by atoms with Crippen LogP contribution in [-0.4, -0.2) is 11.8 Å². The predicted octanol–water partition coefficient (Wildman–Crippen LogP) is 3.87. The second kappa shape index (κ2) is 5.72. The Bertz CT molecular complexity index is 748. The van der Waals surface area contributed by atoms with E-state index in [1.807, 2.05) is 13.0 Å². The Balaban J connectivity index is 1.94. The van der Waals surface area contributed by atoms with Crippen LogP contribution < -0.4 is 4.74 Å². The summed E-state index contributed by atoms with van der Waals surface area (Å²) in [4.78, 5) is 24.3. The van der Waals surface area contributed by atoms with Crippen LogP contribution in [0.3, 0.4) is 0 Å². The van der Waals surface area contributed by atoms with E-state index in [2.05, 4.69) is 0 Å². The summed E-state index contributed by atoms with van der Waals surface area (Å²) < 4.78 is 18.3. The van der Waals surface area contributed by atoms with Crippen molar-refractivity contribution in [2.45, 2.75) is 26.2 Å². The predicted molar refractivity (Wildman–Crippen MR) is 79.8 cm³/mol. The highest BCUT2D eigenvalue weighted by molar-refractivity contribution is 6.02. The first kappa shape index (κ1) is 14.4. The number of rotatable bonds is 2. The first-order chi connectivity index (χ1) is 10.6. The van der Waals surface area contributed by atoms with Crippen LogP contribution in [0, 0.1) is 12.7 Å². The molecule has 0 radical (unpaired) electrons.